The molecule has 1 aliphatic rings. The molecule has 1 atom stereocenters. The van der Waals surface area contributed by atoms with Gasteiger partial charge in [0.1, 0.15) is 6.54 Å². The summed E-state index contributed by atoms with van der Waals surface area (Å²) in [6, 6.07) is 9.83. The number of benzene rings is 1. The molecule has 1 amide bonds. The highest BCUT2D eigenvalue weighted by atomic mass is 127. The Hall–Kier alpha value is -1.39. The Bertz CT molecular complexity index is 566. The van der Waals surface area contributed by atoms with Crippen LogP contribution in [-0.4, -0.2) is 57.4 Å². The molecule has 2 rings (SSSR count). The largest absolute Gasteiger partial charge is 0.379 e. The van der Waals surface area contributed by atoms with Crippen LogP contribution in [0, 0.1) is 0 Å². The van der Waals surface area contributed by atoms with E-state index in [1.165, 1.54) is 0 Å². The van der Waals surface area contributed by atoms with E-state index in [9.17, 15) is 4.79 Å². The Morgan fingerprint density at radius 1 is 1.25 bits per heavy atom. The maximum absolute atomic E-state index is 12.0. The van der Waals surface area contributed by atoms with Gasteiger partial charge in [-0.3, -0.25) is 4.79 Å². The fraction of sp³-hybridized carbons (Fsp3) is 0.600. The van der Waals surface area contributed by atoms with Crippen molar-refractivity contribution in [1.29, 1.82) is 0 Å². The van der Waals surface area contributed by atoms with E-state index in [1.54, 1.807) is 0 Å². The van der Waals surface area contributed by atoms with E-state index in [1.807, 2.05) is 37.3 Å². The van der Waals surface area contributed by atoms with Crippen LogP contribution in [0.5, 0.6) is 0 Å². The summed E-state index contributed by atoms with van der Waals surface area (Å²) in [6.07, 6.45) is 3.38. The summed E-state index contributed by atoms with van der Waals surface area (Å²) in [5, 5.41) is 9.25. The van der Waals surface area contributed by atoms with Crippen molar-refractivity contribution in [3.63, 3.8) is 0 Å². The predicted molar refractivity (Wildman–Crippen MR) is 122 cm³/mol. The number of amides is 1. The lowest BCUT2D eigenvalue weighted by atomic mass is 10.2. The van der Waals surface area contributed by atoms with Crippen LogP contribution in [0.4, 0.5) is 0 Å². The van der Waals surface area contributed by atoms with E-state index in [2.05, 4.69) is 20.9 Å². The molecule has 3 N–H and O–H groups in total. The molecule has 28 heavy (non-hydrogen) atoms. The summed E-state index contributed by atoms with van der Waals surface area (Å²) >= 11 is 0. The summed E-state index contributed by atoms with van der Waals surface area (Å²) in [5.74, 6) is 0.544. The minimum absolute atomic E-state index is 0. The maximum atomic E-state index is 12.0. The minimum Gasteiger partial charge on any atom is -0.379 e. The van der Waals surface area contributed by atoms with Crippen molar-refractivity contribution in [1.82, 2.24) is 16.0 Å². The van der Waals surface area contributed by atoms with Crippen molar-refractivity contribution in [2.24, 2.45) is 4.99 Å². The van der Waals surface area contributed by atoms with E-state index in [4.69, 9.17) is 9.47 Å². The number of carbonyl (C=O) groups excluding carboxylic acids is 1. The molecule has 1 aliphatic heterocycles. The van der Waals surface area contributed by atoms with Gasteiger partial charge in [-0.15, -0.1) is 24.0 Å². The molecule has 1 aromatic rings. The van der Waals surface area contributed by atoms with E-state index >= 15 is 0 Å². The first-order valence-corrected chi connectivity index (χ1v) is 9.80. The number of aliphatic imine (C=N–C) groups is 1. The van der Waals surface area contributed by atoms with Gasteiger partial charge < -0.3 is 25.4 Å². The molecule has 158 valence electrons. The van der Waals surface area contributed by atoms with Crippen molar-refractivity contribution in [3.8, 4) is 0 Å². The molecule has 1 fully saturated rings. The lowest BCUT2D eigenvalue weighted by Gasteiger charge is -2.12. The number of rotatable bonds is 11. The summed E-state index contributed by atoms with van der Waals surface area (Å²) in [4.78, 5) is 16.3. The van der Waals surface area contributed by atoms with Gasteiger partial charge in [0, 0.05) is 32.8 Å². The van der Waals surface area contributed by atoms with Crippen LogP contribution in [0.3, 0.4) is 0 Å². The van der Waals surface area contributed by atoms with Crippen LogP contribution in [0.15, 0.2) is 35.3 Å². The average molecular weight is 504 g/mol. The van der Waals surface area contributed by atoms with Crippen LogP contribution in [0.2, 0.25) is 0 Å². The van der Waals surface area contributed by atoms with Crippen LogP contribution in [0.1, 0.15) is 31.7 Å². The second-order valence-corrected chi connectivity index (χ2v) is 6.45. The van der Waals surface area contributed by atoms with Gasteiger partial charge in [0.25, 0.3) is 0 Å². The summed E-state index contributed by atoms with van der Waals surface area (Å²) in [6.45, 7) is 6.31. The first-order chi connectivity index (χ1) is 13.3. The minimum atomic E-state index is -0.101. The molecule has 8 heteroatoms. The molecule has 1 unspecified atom stereocenters. The number of nitrogens with zero attached hydrogens (tertiary/aromatic N) is 1. The molecular weight excluding hydrogens is 471 g/mol. The lowest BCUT2D eigenvalue weighted by Crippen LogP contribution is -2.39. The third-order valence-electron chi connectivity index (χ3n) is 4.14. The molecule has 0 spiro atoms. The van der Waals surface area contributed by atoms with Gasteiger partial charge in [-0.2, -0.15) is 0 Å². The van der Waals surface area contributed by atoms with Gasteiger partial charge in [0.05, 0.1) is 12.7 Å². The molecule has 0 saturated carbocycles. The van der Waals surface area contributed by atoms with Gasteiger partial charge in [-0.1, -0.05) is 30.3 Å². The van der Waals surface area contributed by atoms with Crippen molar-refractivity contribution in [2.45, 2.75) is 38.8 Å². The Kier molecular flexibility index (Phi) is 13.7. The number of halogens is 1. The van der Waals surface area contributed by atoms with Gasteiger partial charge >= 0.3 is 0 Å². The molecular formula is C20H33IN4O3. The standard InChI is InChI=1S/C20H32N4O3.HI/c1-2-21-20(22-11-7-12-26-16-18-10-6-13-27-18)24-15-19(25)23-14-17-8-4-3-5-9-17;/h3-5,8-9,18H,2,6-7,10-16H2,1H3,(H,23,25)(H2,21,22,24);1H. The van der Waals surface area contributed by atoms with Crippen molar-refractivity contribution < 1.29 is 14.3 Å². The summed E-state index contributed by atoms with van der Waals surface area (Å²) in [7, 11) is 0. The summed E-state index contributed by atoms with van der Waals surface area (Å²) in [5.41, 5.74) is 1.07. The average Bonchev–Trinajstić information content (AvgIpc) is 3.21. The van der Waals surface area contributed by atoms with Crippen molar-refractivity contribution >= 4 is 35.8 Å². The zero-order valence-corrected chi connectivity index (χ0v) is 18.9. The van der Waals surface area contributed by atoms with Gasteiger partial charge in [-0.05, 0) is 31.7 Å². The van der Waals surface area contributed by atoms with E-state index in [-0.39, 0.29) is 42.5 Å². The number of ether oxygens (including phenoxy) is 2. The highest BCUT2D eigenvalue weighted by Gasteiger charge is 2.14. The van der Waals surface area contributed by atoms with Crippen LogP contribution in [-0.2, 0) is 20.8 Å². The number of nitrogens with one attached hydrogen (secondary N) is 3. The van der Waals surface area contributed by atoms with Gasteiger partial charge in [0.15, 0.2) is 5.96 Å². The third kappa shape index (κ3) is 10.8. The molecule has 1 saturated heterocycles. The molecule has 0 aromatic heterocycles. The number of guanidine groups is 1. The molecule has 0 aliphatic carbocycles. The first kappa shape index (κ1) is 24.6. The van der Waals surface area contributed by atoms with Crippen molar-refractivity contribution in [2.75, 3.05) is 39.5 Å². The zero-order valence-electron chi connectivity index (χ0n) is 16.6. The molecule has 1 heterocycles. The molecule has 7 nitrogen and oxygen atoms in total. The Morgan fingerprint density at radius 2 is 2.07 bits per heavy atom. The molecule has 0 radical (unpaired) electrons. The molecule has 1 aromatic carbocycles. The topological polar surface area (TPSA) is 84.0 Å². The Morgan fingerprint density at radius 3 is 2.79 bits per heavy atom. The number of carbonyl (C=O) groups is 1. The van der Waals surface area contributed by atoms with Crippen LogP contribution < -0.4 is 16.0 Å². The monoisotopic (exact) mass is 504 g/mol. The zero-order chi connectivity index (χ0) is 19.2. The quantitative estimate of drug-likeness (QED) is 0.186. The van der Waals surface area contributed by atoms with E-state index < -0.39 is 0 Å². The fourth-order valence-electron chi connectivity index (χ4n) is 2.72. The first-order valence-electron chi connectivity index (χ1n) is 9.80. The summed E-state index contributed by atoms with van der Waals surface area (Å²) < 4.78 is 11.2. The van der Waals surface area contributed by atoms with Crippen molar-refractivity contribution in [3.05, 3.63) is 35.9 Å². The lowest BCUT2D eigenvalue weighted by molar-refractivity contribution is -0.119. The fourth-order valence-corrected chi connectivity index (χ4v) is 2.72. The van der Waals surface area contributed by atoms with E-state index in [0.717, 1.165) is 44.5 Å². The number of hydrogen-bond acceptors (Lipinski definition) is 4. The smallest absolute Gasteiger partial charge is 0.242 e. The SMILES string of the molecule is CCNC(=NCC(=O)NCc1ccccc1)NCCCOCC1CCCO1.I. The van der Waals surface area contributed by atoms with Gasteiger partial charge in [-0.25, -0.2) is 4.99 Å². The van der Waals surface area contributed by atoms with Gasteiger partial charge in [0.2, 0.25) is 5.91 Å². The van der Waals surface area contributed by atoms with E-state index in [0.29, 0.717) is 25.7 Å². The second-order valence-electron chi connectivity index (χ2n) is 6.45. The predicted octanol–water partition coefficient (Wildman–Crippen LogP) is 2.06. The highest BCUT2D eigenvalue weighted by Crippen LogP contribution is 2.11. The molecule has 0 bridgehead atoms. The normalized spacial score (nSPS) is 16.3. The number of hydrogen-bond donors (Lipinski definition) is 3. The van der Waals surface area contributed by atoms with Crippen LogP contribution >= 0.6 is 24.0 Å². The highest BCUT2D eigenvalue weighted by molar-refractivity contribution is 14.0. The Balaban J connectivity index is 0.00000392. The Labute approximate surface area is 185 Å². The third-order valence-corrected chi connectivity index (χ3v) is 4.14. The maximum Gasteiger partial charge on any atom is 0.242 e. The second kappa shape index (κ2) is 15.5. The van der Waals surface area contributed by atoms with Crippen LogP contribution in [0.25, 0.3) is 0 Å².